The fourth-order valence-electron chi connectivity index (χ4n) is 2.20. The molecule has 0 aliphatic heterocycles. The van der Waals surface area contributed by atoms with Gasteiger partial charge in [0, 0.05) is 19.5 Å². The number of likely N-dealkylation sites (N-methyl/N-ethyl adjacent to an activating group) is 1. The Hall–Kier alpha value is -0.870. The van der Waals surface area contributed by atoms with Crippen molar-refractivity contribution in [3.8, 4) is 0 Å². The highest BCUT2D eigenvalue weighted by Crippen LogP contribution is 2.20. The second-order valence-corrected chi connectivity index (χ2v) is 5.48. The molecule has 0 saturated heterocycles. The van der Waals surface area contributed by atoms with Crippen molar-refractivity contribution in [1.82, 2.24) is 10.2 Å². The molecule has 98 valence electrons. The Kier molecular flexibility index (Phi) is 5.15. The number of nitrogens with one attached hydrogen (secondary N) is 1. The third kappa shape index (κ3) is 5.84. The number of carbonyl (C=O) groups is 1. The van der Waals surface area contributed by atoms with Crippen molar-refractivity contribution in [1.29, 1.82) is 0 Å². The Morgan fingerprint density at radius 3 is 2.82 bits per heavy atom. The molecule has 0 fully saturated rings. The topological polar surface area (TPSA) is 52.6 Å². The molecule has 2 atom stereocenters. The molecule has 0 saturated carbocycles. The number of amides is 1. The number of hydrogen-bond donors (Lipinski definition) is 2. The highest BCUT2D eigenvalue weighted by molar-refractivity contribution is 5.76. The maximum absolute atomic E-state index is 11.7. The average Bonchev–Trinajstić information content (AvgIpc) is 2.65. The lowest BCUT2D eigenvalue weighted by Crippen LogP contribution is -2.47. The zero-order valence-corrected chi connectivity index (χ0v) is 11.1. The summed E-state index contributed by atoms with van der Waals surface area (Å²) in [7, 11) is 3.80. The van der Waals surface area contributed by atoms with Gasteiger partial charge in [-0.05, 0) is 39.8 Å². The standard InChI is InChI=1S/C13H24N2O2/c1-13(17,10-15(2)3)9-14-12(16)8-11-6-4-5-7-11/h4,6,11,17H,5,7-10H2,1-3H3,(H,14,16). The Labute approximate surface area is 104 Å². The normalized spacial score (nSPS) is 22.8. The summed E-state index contributed by atoms with van der Waals surface area (Å²) in [6.45, 7) is 2.58. The quantitative estimate of drug-likeness (QED) is 0.674. The van der Waals surface area contributed by atoms with E-state index in [1.807, 2.05) is 19.0 Å². The van der Waals surface area contributed by atoms with Crippen LogP contribution < -0.4 is 5.32 Å². The number of rotatable bonds is 6. The van der Waals surface area contributed by atoms with Crippen molar-refractivity contribution >= 4 is 5.91 Å². The van der Waals surface area contributed by atoms with Gasteiger partial charge in [-0.1, -0.05) is 12.2 Å². The number of allylic oxidation sites excluding steroid dienone is 2. The van der Waals surface area contributed by atoms with Crippen LogP contribution in [0.5, 0.6) is 0 Å². The molecule has 1 aliphatic rings. The predicted molar refractivity (Wildman–Crippen MR) is 68.7 cm³/mol. The first kappa shape index (κ1) is 14.2. The molecule has 0 radical (unpaired) electrons. The van der Waals surface area contributed by atoms with Crippen LogP contribution >= 0.6 is 0 Å². The minimum absolute atomic E-state index is 0.0283. The zero-order valence-electron chi connectivity index (χ0n) is 11.1. The van der Waals surface area contributed by atoms with Gasteiger partial charge in [0.25, 0.3) is 0 Å². The second-order valence-electron chi connectivity index (χ2n) is 5.48. The first-order valence-electron chi connectivity index (χ1n) is 6.19. The minimum Gasteiger partial charge on any atom is -0.387 e. The summed E-state index contributed by atoms with van der Waals surface area (Å²) < 4.78 is 0. The molecule has 0 aromatic rings. The van der Waals surface area contributed by atoms with Gasteiger partial charge >= 0.3 is 0 Å². The van der Waals surface area contributed by atoms with E-state index < -0.39 is 5.60 Å². The molecule has 4 heteroatoms. The predicted octanol–water partition coefficient (Wildman–Crippen LogP) is 0.771. The van der Waals surface area contributed by atoms with E-state index in [-0.39, 0.29) is 5.91 Å². The van der Waals surface area contributed by atoms with E-state index in [9.17, 15) is 9.90 Å². The molecule has 0 aromatic heterocycles. The van der Waals surface area contributed by atoms with E-state index in [1.165, 1.54) is 0 Å². The molecule has 17 heavy (non-hydrogen) atoms. The van der Waals surface area contributed by atoms with E-state index in [2.05, 4.69) is 17.5 Å². The molecular formula is C13H24N2O2. The van der Waals surface area contributed by atoms with E-state index in [0.29, 0.717) is 25.4 Å². The fraction of sp³-hybridized carbons (Fsp3) is 0.769. The molecule has 2 unspecified atom stereocenters. The Morgan fingerprint density at radius 2 is 2.29 bits per heavy atom. The Bertz CT molecular complexity index is 285. The maximum atomic E-state index is 11.7. The van der Waals surface area contributed by atoms with E-state index in [1.54, 1.807) is 6.92 Å². The Balaban J connectivity index is 2.24. The van der Waals surface area contributed by atoms with Gasteiger partial charge in [0.15, 0.2) is 0 Å². The van der Waals surface area contributed by atoms with Gasteiger partial charge in [-0.15, -0.1) is 0 Å². The number of carbonyl (C=O) groups excluding carboxylic acids is 1. The SMILES string of the molecule is CN(C)CC(C)(O)CNC(=O)CC1C=CCC1. The largest absolute Gasteiger partial charge is 0.387 e. The van der Waals surface area contributed by atoms with Crippen LogP contribution in [0.4, 0.5) is 0 Å². The van der Waals surface area contributed by atoms with Gasteiger partial charge in [-0.25, -0.2) is 0 Å². The van der Waals surface area contributed by atoms with Crippen molar-refractivity contribution in [2.45, 2.75) is 31.8 Å². The van der Waals surface area contributed by atoms with Crippen LogP contribution in [-0.2, 0) is 4.79 Å². The zero-order chi connectivity index (χ0) is 12.9. The minimum atomic E-state index is -0.870. The second kappa shape index (κ2) is 6.17. The summed E-state index contributed by atoms with van der Waals surface area (Å²) in [6, 6.07) is 0. The van der Waals surface area contributed by atoms with Crippen LogP contribution in [0.25, 0.3) is 0 Å². The molecular weight excluding hydrogens is 216 g/mol. The van der Waals surface area contributed by atoms with Crippen LogP contribution in [0, 0.1) is 5.92 Å². The molecule has 0 spiro atoms. The van der Waals surface area contributed by atoms with Crippen LogP contribution in [0.1, 0.15) is 26.2 Å². The molecule has 0 bridgehead atoms. The maximum Gasteiger partial charge on any atom is 0.220 e. The average molecular weight is 240 g/mol. The van der Waals surface area contributed by atoms with Crippen LogP contribution in [0.15, 0.2) is 12.2 Å². The van der Waals surface area contributed by atoms with E-state index >= 15 is 0 Å². The van der Waals surface area contributed by atoms with Gasteiger partial charge < -0.3 is 15.3 Å². The summed E-state index contributed by atoms with van der Waals surface area (Å²) in [5, 5.41) is 12.8. The molecule has 0 aromatic carbocycles. The monoisotopic (exact) mass is 240 g/mol. The molecule has 1 rings (SSSR count). The first-order valence-corrected chi connectivity index (χ1v) is 6.19. The summed E-state index contributed by atoms with van der Waals surface area (Å²) in [5.74, 6) is 0.411. The van der Waals surface area contributed by atoms with E-state index in [4.69, 9.17) is 0 Å². The number of aliphatic hydroxyl groups is 1. The van der Waals surface area contributed by atoms with Crippen LogP contribution in [0.2, 0.25) is 0 Å². The smallest absolute Gasteiger partial charge is 0.220 e. The van der Waals surface area contributed by atoms with Crippen molar-refractivity contribution in [2.75, 3.05) is 27.2 Å². The van der Waals surface area contributed by atoms with Gasteiger partial charge in [0.1, 0.15) is 0 Å². The van der Waals surface area contributed by atoms with Crippen LogP contribution in [-0.4, -0.2) is 48.7 Å². The lowest BCUT2D eigenvalue weighted by atomic mass is 10.0. The molecule has 2 N–H and O–H groups in total. The van der Waals surface area contributed by atoms with Crippen molar-refractivity contribution in [3.05, 3.63) is 12.2 Å². The van der Waals surface area contributed by atoms with E-state index in [0.717, 1.165) is 12.8 Å². The molecule has 1 aliphatic carbocycles. The Morgan fingerprint density at radius 1 is 1.59 bits per heavy atom. The summed E-state index contributed by atoms with van der Waals surface area (Å²) >= 11 is 0. The molecule has 4 nitrogen and oxygen atoms in total. The molecule has 1 amide bonds. The van der Waals surface area contributed by atoms with Crippen molar-refractivity contribution in [2.24, 2.45) is 5.92 Å². The lowest BCUT2D eigenvalue weighted by molar-refractivity contribution is -0.123. The van der Waals surface area contributed by atoms with Crippen LogP contribution in [0.3, 0.4) is 0 Å². The number of hydrogen-bond acceptors (Lipinski definition) is 3. The highest BCUT2D eigenvalue weighted by atomic mass is 16.3. The van der Waals surface area contributed by atoms with Crippen molar-refractivity contribution in [3.63, 3.8) is 0 Å². The van der Waals surface area contributed by atoms with Gasteiger partial charge in [-0.3, -0.25) is 4.79 Å². The third-order valence-electron chi connectivity index (χ3n) is 2.88. The summed E-state index contributed by atoms with van der Waals surface area (Å²) in [5.41, 5.74) is -0.870. The third-order valence-corrected chi connectivity index (χ3v) is 2.88. The highest BCUT2D eigenvalue weighted by Gasteiger charge is 2.22. The lowest BCUT2D eigenvalue weighted by Gasteiger charge is -2.27. The number of nitrogens with zero attached hydrogens (tertiary/aromatic N) is 1. The van der Waals surface area contributed by atoms with Gasteiger partial charge in [0.2, 0.25) is 5.91 Å². The first-order chi connectivity index (χ1) is 7.89. The molecule has 0 heterocycles. The van der Waals surface area contributed by atoms with Crippen molar-refractivity contribution < 1.29 is 9.90 Å². The summed E-state index contributed by atoms with van der Waals surface area (Å²) in [4.78, 5) is 13.6. The summed E-state index contributed by atoms with van der Waals surface area (Å²) in [6.07, 6.45) is 6.92. The fourth-order valence-corrected chi connectivity index (χ4v) is 2.20. The van der Waals surface area contributed by atoms with Gasteiger partial charge in [-0.2, -0.15) is 0 Å². The van der Waals surface area contributed by atoms with Gasteiger partial charge in [0.05, 0.1) is 5.60 Å².